The summed E-state index contributed by atoms with van der Waals surface area (Å²) < 4.78 is 15.0. The first-order valence-electron chi connectivity index (χ1n) is 8.36. The Hall–Kier alpha value is -3.16. The Labute approximate surface area is 148 Å². The van der Waals surface area contributed by atoms with Crippen LogP contribution in [0.1, 0.15) is 39.7 Å². The maximum atomic E-state index is 13.3. The summed E-state index contributed by atoms with van der Waals surface area (Å²) in [5, 5.41) is 13.8. The predicted octanol–water partition coefficient (Wildman–Crippen LogP) is 2.68. The van der Waals surface area contributed by atoms with Crippen LogP contribution in [0.25, 0.3) is 10.9 Å². The van der Waals surface area contributed by atoms with E-state index in [1.807, 2.05) is 0 Å². The molecule has 0 radical (unpaired) electrons. The second-order valence-electron chi connectivity index (χ2n) is 6.45. The van der Waals surface area contributed by atoms with Gasteiger partial charge < -0.3 is 15.0 Å². The van der Waals surface area contributed by atoms with Crippen LogP contribution in [0.2, 0.25) is 0 Å². The summed E-state index contributed by atoms with van der Waals surface area (Å²) in [4.78, 5) is 28.4. The van der Waals surface area contributed by atoms with Crippen molar-refractivity contribution in [2.45, 2.75) is 18.9 Å². The maximum Gasteiger partial charge on any atom is 0.338 e. The number of aromatic amines is 1. The van der Waals surface area contributed by atoms with E-state index in [4.69, 9.17) is 5.11 Å². The van der Waals surface area contributed by atoms with E-state index in [-0.39, 0.29) is 23.3 Å². The zero-order chi connectivity index (χ0) is 18.3. The number of fused-ring (bicyclic) bond motifs is 1. The second-order valence-corrected chi connectivity index (χ2v) is 6.45. The molecule has 0 saturated carbocycles. The number of amides is 1. The zero-order valence-electron chi connectivity index (χ0n) is 13.9. The number of likely N-dealkylation sites (tertiary alicyclic amines) is 1. The lowest BCUT2D eigenvalue weighted by molar-refractivity contribution is 0.0684. The topological polar surface area (TPSA) is 91.2 Å². The molecule has 1 aliphatic heterocycles. The minimum Gasteiger partial charge on any atom is -0.478 e. The van der Waals surface area contributed by atoms with Crippen LogP contribution in [-0.2, 0) is 0 Å². The summed E-state index contributed by atoms with van der Waals surface area (Å²) >= 11 is 0. The van der Waals surface area contributed by atoms with Gasteiger partial charge in [-0.15, -0.1) is 0 Å². The number of piperidine rings is 1. The Balaban J connectivity index is 1.44. The number of carbonyl (C=O) groups is 2. The maximum absolute atomic E-state index is 13.3. The molecular formula is C18H17FN4O3. The number of carboxylic acid groups (broad SMARTS) is 1. The van der Waals surface area contributed by atoms with Crippen molar-refractivity contribution in [1.29, 1.82) is 0 Å². The van der Waals surface area contributed by atoms with Gasteiger partial charge in [0.2, 0.25) is 0 Å². The average Bonchev–Trinajstić information content (AvgIpc) is 3.28. The molecule has 7 nitrogen and oxygen atoms in total. The molecule has 0 atom stereocenters. The lowest BCUT2D eigenvalue weighted by atomic mass is 10.0. The van der Waals surface area contributed by atoms with E-state index >= 15 is 0 Å². The average molecular weight is 356 g/mol. The van der Waals surface area contributed by atoms with Crippen LogP contribution in [0, 0.1) is 5.82 Å². The van der Waals surface area contributed by atoms with E-state index in [0.717, 1.165) is 5.52 Å². The van der Waals surface area contributed by atoms with E-state index in [2.05, 4.69) is 10.1 Å². The molecule has 0 spiro atoms. The molecule has 2 N–H and O–H groups in total. The largest absolute Gasteiger partial charge is 0.478 e. The number of benzene rings is 1. The molecule has 1 aromatic carbocycles. The van der Waals surface area contributed by atoms with Crippen molar-refractivity contribution in [3.63, 3.8) is 0 Å². The number of hydrogen-bond donors (Lipinski definition) is 2. The number of hydrogen-bond acceptors (Lipinski definition) is 3. The first-order chi connectivity index (χ1) is 12.5. The van der Waals surface area contributed by atoms with Crippen molar-refractivity contribution in [3.05, 3.63) is 53.7 Å². The summed E-state index contributed by atoms with van der Waals surface area (Å²) in [6, 6.07) is 6.11. The van der Waals surface area contributed by atoms with Crippen molar-refractivity contribution >= 4 is 22.8 Å². The molecule has 1 aliphatic rings. The third kappa shape index (κ3) is 2.94. The fourth-order valence-electron chi connectivity index (χ4n) is 3.37. The molecule has 0 aliphatic carbocycles. The van der Waals surface area contributed by atoms with Crippen LogP contribution in [0.5, 0.6) is 0 Å². The third-order valence-electron chi connectivity index (χ3n) is 4.79. The highest BCUT2D eigenvalue weighted by Crippen LogP contribution is 2.24. The smallest absolute Gasteiger partial charge is 0.338 e. The fourth-order valence-corrected chi connectivity index (χ4v) is 3.37. The summed E-state index contributed by atoms with van der Waals surface area (Å²) in [5.41, 5.74) is 1.33. The Morgan fingerprint density at radius 1 is 1.23 bits per heavy atom. The first-order valence-corrected chi connectivity index (χ1v) is 8.36. The molecule has 3 heterocycles. The lowest BCUT2D eigenvalue weighted by Gasteiger charge is -2.31. The number of rotatable bonds is 3. The molecule has 1 fully saturated rings. The quantitative estimate of drug-likeness (QED) is 0.755. The molecular weight excluding hydrogens is 339 g/mol. The standard InChI is InChI=1S/C18H17FN4O3/c19-13-1-2-15-11(7-13)8-16(21-15)17(24)22-5-3-14(4-6-22)23-10-12(9-20-23)18(25)26/h1-2,7-10,14,21H,3-6H2,(H,25,26). The van der Waals surface area contributed by atoms with Gasteiger partial charge >= 0.3 is 5.97 Å². The summed E-state index contributed by atoms with van der Waals surface area (Å²) in [6.45, 7) is 1.10. The minimum absolute atomic E-state index is 0.0731. The van der Waals surface area contributed by atoms with Gasteiger partial charge in [-0.05, 0) is 37.1 Å². The highest BCUT2D eigenvalue weighted by molar-refractivity contribution is 5.98. The van der Waals surface area contributed by atoms with E-state index in [9.17, 15) is 14.0 Å². The lowest BCUT2D eigenvalue weighted by Crippen LogP contribution is -2.39. The number of carbonyl (C=O) groups excluding carboxylic acids is 1. The SMILES string of the molecule is O=C(O)c1cnn(C2CCN(C(=O)c3cc4cc(F)ccc4[nH]3)CC2)c1. The number of H-pyrrole nitrogens is 1. The molecule has 8 heteroatoms. The highest BCUT2D eigenvalue weighted by Gasteiger charge is 2.26. The summed E-state index contributed by atoms with van der Waals surface area (Å²) in [5.74, 6) is -1.46. The van der Waals surface area contributed by atoms with Crippen molar-refractivity contribution in [1.82, 2.24) is 19.7 Å². The van der Waals surface area contributed by atoms with Crippen molar-refractivity contribution < 1.29 is 19.1 Å². The van der Waals surface area contributed by atoms with Crippen LogP contribution in [0.15, 0.2) is 36.7 Å². The molecule has 0 bridgehead atoms. The molecule has 0 unspecified atom stereocenters. The number of aromatic carboxylic acids is 1. The van der Waals surface area contributed by atoms with Crippen LogP contribution < -0.4 is 0 Å². The van der Waals surface area contributed by atoms with E-state index in [1.165, 1.54) is 24.5 Å². The van der Waals surface area contributed by atoms with E-state index in [0.29, 0.717) is 37.0 Å². The molecule has 3 aromatic rings. The number of halogens is 1. The van der Waals surface area contributed by atoms with Gasteiger partial charge in [0.15, 0.2) is 0 Å². The number of nitrogens with zero attached hydrogens (tertiary/aromatic N) is 3. The Morgan fingerprint density at radius 3 is 2.69 bits per heavy atom. The van der Waals surface area contributed by atoms with Crippen molar-refractivity contribution in [3.8, 4) is 0 Å². The Bertz CT molecular complexity index is 985. The normalized spacial score (nSPS) is 15.5. The zero-order valence-corrected chi connectivity index (χ0v) is 13.9. The summed E-state index contributed by atoms with van der Waals surface area (Å²) in [6.07, 6.45) is 4.25. The first kappa shape index (κ1) is 16.3. The van der Waals surface area contributed by atoms with Gasteiger partial charge in [0.25, 0.3) is 5.91 Å². The highest BCUT2D eigenvalue weighted by atomic mass is 19.1. The van der Waals surface area contributed by atoms with Crippen LogP contribution in [0.3, 0.4) is 0 Å². The van der Waals surface area contributed by atoms with Gasteiger partial charge in [0.05, 0.1) is 17.8 Å². The molecule has 134 valence electrons. The van der Waals surface area contributed by atoms with Crippen molar-refractivity contribution in [2.24, 2.45) is 0 Å². The molecule has 1 amide bonds. The monoisotopic (exact) mass is 356 g/mol. The van der Waals surface area contributed by atoms with Crippen molar-refractivity contribution in [2.75, 3.05) is 13.1 Å². The van der Waals surface area contributed by atoms with Gasteiger partial charge in [-0.1, -0.05) is 0 Å². The van der Waals surface area contributed by atoms with Gasteiger partial charge in [-0.3, -0.25) is 9.48 Å². The molecule has 4 rings (SSSR count). The molecule has 1 saturated heterocycles. The minimum atomic E-state index is -1.00. The number of carboxylic acids is 1. The fraction of sp³-hybridized carbons (Fsp3) is 0.278. The Morgan fingerprint density at radius 2 is 2.00 bits per heavy atom. The van der Waals surface area contributed by atoms with Gasteiger partial charge in [-0.25, -0.2) is 9.18 Å². The second kappa shape index (κ2) is 6.29. The number of nitrogens with one attached hydrogen (secondary N) is 1. The van der Waals surface area contributed by atoms with Crippen LogP contribution in [-0.4, -0.2) is 49.7 Å². The molecule has 26 heavy (non-hydrogen) atoms. The Kier molecular flexibility index (Phi) is 3.95. The van der Waals surface area contributed by atoms with E-state index in [1.54, 1.807) is 21.7 Å². The predicted molar refractivity (Wildman–Crippen MR) is 91.6 cm³/mol. The van der Waals surface area contributed by atoms with Gasteiger partial charge in [0, 0.05) is 30.2 Å². The van der Waals surface area contributed by atoms with Gasteiger partial charge in [0.1, 0.15) is 11.5 Å². The van der Waals surface area contributed by atoms with Gasteiger partial charge in [-0.2, -0.15) is 5.10 Å². The number of aromatic nitrogens is 3. The molecule has 2 aromatic heterocycles. The van der Waals surface area contributed by atoms with Crippen LogP contribution in [0.4, 0.5) is 4.39 Å². The summed E-state index contributed by atoms with van der Waals surface area (Å²) in [7, 11) is 0. The van der Waals surface area contributed by atoms with E-state index < -0.39 is 5.97 Å². The third-order valence-corrected chi connectivity index (χ3v) is 4.79. The van der Waals surface area contributed by atoms with Crippen LogP contribution >= 0.6 is 0 Å².